The quantitative estimate of drug-likeness (QED) is 0.796. The minimum absolute atomic E-state index is 0.116. The molecule has 18 heavy (non-hydrogen) atoms. The first-order chi connectivity index (χ1) is 8.60. The fourth-order valence-corrected chi connectivity index (χ4v) is 2.28. The van der Waals surface area contributed by atoms with Crippen LogP contribution in [0.3, 0.4) is 0 Å². The summed E-state index contributed by atoms with van der Waals surface area (Å²) >= 11 is 5.87. The molecule has 2 N–H and O–H groups in total. The fraction of sp³-hybridized carbons (Fsp3) is 0.500. The number of piperidine rings is 1. The van der Waals surface area contributed by atoms with E-state index in [1.165, 1.54) is 0 Å². The van der Waals surface area contributed by atoms with Crippen molar-refractivity contribution in [2.45, 2.75) is 18.9 Å². The van der Waals surface area contributed by atoms with E-state index in [4.69, 9.17) is 11.6 Å². The van der Waals surface area contributed by atoms with E-state index in [1.54, 1.807) is 24.1 Å². The zero-order valence-corrected chi connectivity index (χ0v) is 10.9. The summed E-state index contributed by atoms with van der Waals surface area (Å²) < 4.78 is 0. The standard InChI is InChI=1S/C12H16ClN3O2/c1-14-11-6-8(5-10(13)15-11)12(18)16-4-2-3-9(17)7-16/h5-6,9,17H,2-4,7H2,1H3,(H,14,15). The van der Waals surface area contributed by atoms with Gasteiger partial charge in [0.1, 0.15) is 11.0 Å². The zero-order chi connectivity index (χ0) is 13.1. The number of hydrogen-bond donors (Lipinski definition) is 2. The van der Waals surface area contributed by atoms with Crippen LogP contribution in [0, 0.1) is 0 Å². The van der Waals surface area contributed by atoms with Gasteiger partial charge in [0.05, 0.1) is 6.10 Å². The molecule has 6 heteroatoms. The Labute approximate surface area is 111 Å². The summed E-state index contributed by atoms with van der Waals surface area (Å²) in [5.41, 5.74) is 0.494. The Bertz CT molecular complexity index is 453. The number of pyridine rings is 1. The lowest BCUT2D eigenvalue weighted by atomic mass is 10.1. The number of anilines is 1. The zero-order valence-electron chi connectivity index (χ0n) is 10.2. The Balaban J connectivity index is 2.19. The molecule has 1 aromatic heterocycles. The van der Waals surface area contributed by atoms with Crippen LogP contribution >= 0.6 is 11.6 Å². The van der Waals surface area contributed by atoms with Crippen molar-refractivity contribution in [3.63, 3.8) is 0 Å². The first kappa shape index (κ1) is 13.1. The number of nitrogens with zero attached hydrogens (tertiary/aromatic N) is 2. The maximum absolute atomic E-state index is 12.3. The van der Waals surface area contributed by atoms with Crippen molar-refractivity contribution in [2.75, 3.05) is 25.5 Å². The van der Waals surface area contributed by atoms with Crippen molar-refractivity contribution in [1.29, 1.82) is 0 Å². The highest BCUT2D eigenvalue weighted by Gasteiger charge is 2.23. The van der Waals surface area contributed by atoms with Crippen LogP contribution < -0.4 is 5.32 Å². The molecule has 98 valence electrons. The molecule has 0 radical (unpaired) electrons. The van der Waals surface area contributed by atoms with E-state index in [0.717, 1.165) is 12.8 Å². The third-order valence-electron chi connectivity index (χ3n) is 2.98. The van der Waals surface area contributed by atoms with Gasteiger partial charge in [-0.15, -0.1) is 0 Å². The molecule has 0 aromatic carbocycles. The third-order valence-corrected chi connectivity index (χ3v) is 3.17. The summed E-state index contributed by atoms with van der Waals surface area (Å²) in [6.07, 6.45) is 1.15. The molecule has 1 amide bonds. The lowest BCUT2D eigenvalue weighted by Crippen LogP contribution is -2.42. The van der Waals surface area contributed by atoms with E-state index in [1.807, 2.05) is 0 Å². The molecular weight excluding hydrogens is 254 g/mol. The molecule has 1 atom stereocenters. The third kappa shape index (κ3) is 2.91. The Morgan fingerprint density at radius 1 is 1.61 bits per heavy atom. The van der Waals surface area contributed by atoms with Gasteiger partial charge in [0.25, 0.3) is 5.91 Å². The number of halogens is 1. The lowest BCUT2D eigenvalue weighted by molar-refractivity contribution is 0.0473. The van der Waals surface area contributed by atoms with Gasteiger partial charge >= 0.3 is 0 Å². The second-order valence-corrected chi connectivity index (χ2v) is 4.75. The molecule has 1 fully saturated rings. The summed E-state index contributed by atoms with van der Waals surface area (Å²) in [5.74, 6) is 0.443. The van der Waals surface area contributed by atoms with Gasteiger partial charge in [-0.05, 0) is 25.0 Å². The van der Waals surface area contributed by atoms with E-state index in [-0.39, 0.29) is 11.1 Å². The first-order valence-corrected chi connectivity index (χ1v) is 6.30. The minimum Gasteiger partial charge on any atom is -0.391 e. The molecular formula is C12H16ClN3O2. The SMILES string of the molecule is CNc1cc(C(=O)N2CCCC(O)C2)cc(Cl)n1. The predicted molar refractivity (Wildman–Crippen MR) is 69.9 cm³/mol. The van der Waals surface area contributed by atoms with E-state index in [0.29, 0.717) is 24.5 Å². The van der Waals surface area contributed by atoms with Crippen LogP contribution in [0.5, 0.6) is 0 Å². The van der Waals surface area contributed by atoms with Gasteiger partial charge in [0.15, 0.2) is 0 Å². The van der Waals surface area contributed by atoms with Crippen molar-refractivity contribution in [3.8, 4) is 0 Å². The molecule has 1 saturated heterocycles. The van der Waals surface area contributed by atoms with Crippen molar-refractivity contribution in [1.82, 2.24) is 9.88 Å². The molecule has 0 saturated carbocycles. The molecule has 1 aliphatic rings. The molecule has 1 aliphatic heterocycles. The Hall–Kier alpha value is -1.33. The van der Waals surface area contributed by atoms with E-state index in [2.05, 4.69) is 10.3 Å². The summed E-state index contributed by atoms with van der Waals surface area (Å²) in [7, 11) is 1.72. The number of aliphatic hydroxyl groups is 1. The van der Waals surface area contributed by atoms with Gasteiger partial charge in [0, 0.05) is 25.7 Å². The second-order valence-electron chi connectivity index (χ2n) is 4.36. The molecule has 2 heterocycles. The number of β-amino-alcohol motifs (C(OH)–C–C–N with tert-alkyl or cyclic N) is 1. The highest BCUT2D eigenvalue weighted by atomic mass is 35.5. The molecule has 5 nitrogen and oxygen atoms in total. The Morgan fingerprint density at radius 3 is 3.06 bits per heavy atom. The predicted octanol–water partition coefficient (Wildman–Crippen LogP) is 1.37. The number of hydrogen-bond acceptors (Lipinski definition) is 4. The molecule has 1 unspecified atom stereocenters. The van der Waals surface area contributed by atoms with Gasteiger partial charge in [-0.3, -0.25) is 4.79 Å². The smallest absolute Gasteiger partial charge is 0.254 e. The number of carbonyl (C=O) groups excluding carboxylic acids is 1. The molecule has 0 bridgehead atoms. The van der Waals surface area contributed by atoms with Crippen LogP contribution in [0.1, 0.15) is 23.2 Å². The highest BCUT2D eigenvalue weighted by molar-refractivity contribution is 6.29. The number of rotatable bonds is 2. The van der Waals surface area contributed by atoms with Crippen molar-refractivity contribution in [3.05, 3.63) is 22.8 Å². The second kappa shape index (κ2) is 5.54. The summed E-state index contributed by atoms with van der Waals surface area (Å²) in [6, 6.07) is 3.21. The number of nitrogens with one attached hydrogen (secondary N) is 1. The fourth-order valence-electron chi connectivity index (χ4n) is 2.07. The van der Waals surface area contributed by atoms with E-state index < -0.39 is 6.10 Å². The summed E-state index contributed by atoms with van der Waals surface area (Å²) in [4.78, 5) is 17.9. The molecule has 2 rings (SSSR count). The van der Waals surface area contributed by atoms with Crippen LogP contribution in [0.25, 0.3) is 0 Å². The maximum Gasteiger partial charge on any atom is 0.254 e. The topological polar surface area (TPSA) is 65.5 Å². The van der Waals surface area contributed by atoms with Crippen LogP contribution in [0.2, 0.25) is 5.15 Å². The van der Waals surface area contributed by atoms with Crippen LogP contribution in [-0.2, 0) is 0 Å². The average molecular weight is 270 g/mol. The van der Waals surface area contributed by atoms with Crippen LogP contribution in [0.15, 0.2) is 12.1 Å². The van der Waals surface area contributed by atoms with E-state index in [9.17, 15) is 9.90 Å². The van der Waals surface area contributed by atoms with Gasteiger partial charge < -0.3 is 15.3 Å². The van der Waals surface area contributed by atoms with Gasteiger partial charge in [-0.2, -0.15) is 0 Å². The van der Waals surface area contributed by atoms with Crippen LogP contribution in [-0.4, -0.2) is 47.1 Å². The largest absolute Gasteiger partial charge is 0.391 e. The Kier molecular flexibility index (Phi) is 4.04. The lowest BCUT2D eigenvalue weighted by Gasteiger charge is -2.30. The number of aromatic nitrogens is 1. The average Bonchev–Trinajstić information content (AvgIpc) is 2.37. The molecule has 0 aliphatic carbocycles. The normalized spacial score (nSPS) is 19.7. The Morgan fingerprint density at radius 2 is 2.39 bits per heavy atom. The maximum atomic E-state index is 12.3. The minimum atomic E-state index is -0.427. The van der Waals surface area contributed by atoms with Gasteiger partial charge in [-0.1, -0.05) is 11.6 Å². The molecule has 1 aromatic rings. The van der Waals surface area contributed by atoms with Crippen molar-refractivity contribution < 1.29 is 9.90 Å². The number of carbonyl (C=O) groups is 1. The number of amides is 1. The number of aliphatic hydroxyl groups excluding tert-OH is 1. The first-order valence-electron chi connectivity index (χ1n) is 5.93. The monoisotopic (exact) mass is 269 g/mol. The van der Waals surface area contributed by atoms with Crippen LogP contribution in [0.4, 0.5) is 5.82 Å². The van der Waals surface area contributed by atoms with E-state index >= 15 is 0 Å². The summed E-state index contributed by atoms with van der Waals surface area (Å²) in [5, 5.41) is 12.7. The van der Waals surface area contributed by atoms with Gasteiger partial charge in [-0.25, -0.2) is 4.98 Å². The highest BCUT2D eigenvalue weighted by Crippen LogP contribution is 2.18. The van der Waals surface area contributed by atoms with Crippen molar-refractivity contribution >= 4 is 23.3 Å². The summed E-state index contributed by atoms with van der Waals surface area (Å²) in [6.45, 7) is 1.05. The van der Waals surface area contributed by atoms with Crippen molar-refractivity contribution in [2.24, 2.45) is 0 Å². The number of likely N-dealkylation sites (tertiary alicyclic amines) is 1. The van der Waals surface area contributed by atoms with Gasteiger partial charge in [0.2, 0.25) is 0 Å². The molecule has 0 spiro atoms.